The van der Waals surface area contributed by atoms with Gasteiger partial charge in [-0.3, -0.25) is 4.79 Å². The van der Waals surface area contributed by atoms with Gasteiger partial charge in [0.15, 0.2) is 0 Å². The lowest BCUT2D eigenvalue weighted by molar-refractivity contribution is -0.120. The quantitative estimate of drug-likeness (QED) is 0.721. The summed E-state index contributed by atoms with van der Waals surface area (Å²) in [6.45, 7) is 3.65. The third kappa shape index (κ3) is 3.48. The predicted molar refractivity (Wildman–Crippen MR) is 65.2 cm³/mol. The zero-order valence-corrected chi connectivity index (χ0v) is 10.3. The SMILES string of the molecule is CCC1CCCC1NCC(=O)NCC1CC1. The van der Waals surface area contributed by atoms with Crippen LogP contribution in [0.25, 0.3) is 0 Å². The molecule has 16 heavy (non-hydrogen) atoms. The second-order valence-corrected chi connectivity index (χ2v) is 5.33. The molecule has 0 aromatic rings. The number of hydrogen-bond donors (Lipinski definition) is 2. The van der Waals surface area contributed by atoms with E-state index in [1.54, 1.807) is 0 Å². The maximum absolute atomic E-state index is 11.6. The molecule has 3 heteroatoms. The summed E-state index contributed by atoms with van der Waals surface area (Å²) in [6.07, 6.45) is 7.73. The van der Waals surface area contributed by atoms with Crippen molar-refractivity contribution in [2.75, 3.05) is 13.1 Å². The molecule has 0 saturated heterocycles. The molecule has 0 radical (unpaired) electrons. The highest BCUT2D eigenvalue weighted by atomic mass is 16.1. The second kappa shape index (κ2) is 5.67. The molecule has 0 heterocycles. The van der Waals surface area contributed by atoms with Crippen LogP contribution in [0, 0.1) is 11.8 Å². The van der Waals surface area contributed by atoms with Gasteiger partial charge >= 0.3 is 0 Å². The Morgan fingerprint density at radius 2 is 2.06 bits per heavy atom. The van der Waals surface area contributed by atoms with Gasteiger partial charge in [-0.1, -0.05) is 19.8 Å². The molecule has 2 N–H and O–H groups in total. The number of carbonyl (C=O) groups excluding carboxylic acids is 1. The molecule has 2 rings (SSSR count). The number of amides is 1. The normalized spacial score (nSPS) is 29.3. The van der Waals surface area contributed by atoms with Gasteiger partial charge in [0.25, 0.3) is 0 Å². The van der Waals surface area contributed by atoms with Crippen molar-refractivity contribution in [1.82, 2.24) is 10.6 Å². The van der Waals surface area contributed by atoms with E-state index in [-0.39, 0.29) is 5.91 Å². The van der Waals surface area contributed by atoms with Crippen molar-refractivity contribution in [1.29, 1.82) is 0 Å². The van der Waals surface area contributed by atoms with Crippen LogP contribution in [0.2, 0.25) is 0 Å². The highest BCUT2D eigenvalue weighted by Gasteiger charge is 2.26. The molecule has 0 spiro atoms. The Morgan fingerprint density at radius 3 is 2.75 bits per heavy atom. The minimum absolute atomic E-state index is 0.175. The molecule has 2 fully saturated rings. The summed E-state index contributed by atoms with van der Waals surface area (Å²) in [5, 5.41) is 6.41. The fourth-order valence-corrected chi connectivity index (χ4v) is 2.66. The Morgan fingerprint density at radius 1 is 1.25 bits per heavy atom. The Bertz CT molecular complexity index is 238. The van der Waals surface area contributed by atoms with Crippen LogP contribution < -0.4 is 10.6 Å². The van der Waals surface area contributed by atoms with Crippen LogP contribution in [0.4, 0.5) is 0 Å². The third-order valence-corrected chi connectivity index (χ3v) is 3.99. The molecule has 2 aliphatic carbocycles. The van der Waals surface area contributed by atoms with E-state index in [0.29, 0.717) is 12.6 Å². The third-order valence-electron chi connectivity index (χ3n) is 3.99. The fourth-order valence-electron chi connectivity index (χ4n) is 2.66. The van der Waals surface area contributed by atoms with E-state index in [4.69, 9.17) is 0 Å². The molecule has 0 aromatic carbocycles. The van der Waals surface area contributed by atoms with Crippen molar-refractivity contribution in [2.45, 2.75) is 51.5 Å². The van der Waals surface area contributed by atoms with Crippen LogP contribution in [0.3, 0.4) is 0 Å². The van der Waals surface area contributed by atoms with Gasteiger partial charge in [-0.25, -0.2) is 0 Å². The van der Waals surface area contributed by atoms with Gasteiger partial charge < -0.3 is 10.6 Å². The molecule has 3 nitrogen and oxygen atoms in total. The van der Waals surface area contributed by atoms with Gasteiger partial charge in [-0.2, -0.15) is 0 Å². The Labute approximate surface area is 98.4 Å². The average molecular weight is 224 g/mol. The summed E-state index contributed by atoms with van der Waals surface area (Å²) in [7, 11) is 0. The molecule has 0 aliphatic heterocycles. The molecule has 0 aromatic heterocycles. The van der Waals surface area contributed by atoms with Gasteiger partial charge in [0.2, 0.25) is 5.91 Å². The highest BCUT2D eigenvalue weighted by molar-refractivity contribution is 5.78. The van der Waals surface area contributed by atoms with E-state index in [0.717, 1.165) is 18.4 Å². The number of rotatable bonds is 6. The van der Waals surface area contributed by atoms with Crippen molar-refractivity contribution >= 4 is 5.91 Å². The van der Waals surface area contributed by atoms with Gasteiger partial charge in [-0.15, -0.1) is 0 Å². The minimum Gasteiger partial charge on any atom is -0.355 e. The zero-order chi connectivity index (χ0) is 11.4. The fraction of sp³-hybridized carbons (Fsp3) is 0.923. The maximum atomic E-state index is 11.6. The lowest BCUT2D eigenvalue weighted by atomic mass is 10.0. The molecule has 2 saturated carbocycles. The lowest BCUT2D eigenvalue weighted by Gasteiger charge is -2.19. The van der Waals surface area contributed by atoms with Crippen LogP contribution in [0.1, 0.15) is 45.4 Å². The number of hydrogen-bond acceptors (Lipinski definition) is 2. The molecule has 2 unspecified atom stereocenters. The topological polar surface area (TPSA) is 41.1 Å². The van der Waals surface area contributed by atoms with Crippen molar-refractivity contribution in [3.63, 3.8) is 0 Å². The monoisotopic (exact) mass is 224 g/mol. The summed E-state index contributed by atoms with van der Waals surface area (Å²) in [5.74, 6) is 1.74. The van der Waals surface area contributed by atoms with Gasteiger partial charge in [-0.05, 0) is 37.5 Å². The first-order valence-electron chi connectivity index (χ1n) is 6.79. The van der Waals surface area contributed by atoms with Crippen LogP contribution in [-0.4, -0.2) is 25.0 Å². The van der Waals surface area contributed by atoms with Crippen LogP contribution in [0.5, 0.6) is 0 Å². The van der Waals surface area contributed by atoms with Crippen LogP contribution >= 0.6 is 0 Å². The van der Waals surface area contributed by atoms with E-state index in [1.165, 1.54) is 38.5 Å². The summed E-state index contributed by atoms with van der Waals surface area (Å²) in [6, 6.07) is 0.580. The smallest absolute Gasteiger partial charge is 0.233 e. The van der Waals surface area contributed by atoms with E-state index in [9.17, 15) is 4.79 Å². The molecular weight excluding hydrogens is 200 g/mol. The van der Waals surface area contributed by atoms with E-state index in [1.807, 2.05) is 0 Å². The molecule has 1 amide bonds. The van der Waals surface area contributed by atoms with Crippen molar-refractivity contribution in [2.24, 2.45) is 11.8 Å². The molecule has 92 valence electrons. The van der Waals surface area contributed by atoms with E-state index < -0.39 is 0 Å². The van der Waals surface area contributed by atoms with Gasteiger partial charge in [0, 0.05) is 12.6 Å². The molecular formula is C13H24N2O. The van der Waals surface area contributed by atoms with Gasteiger partial charge in [0.1, 0.15) is 0 Å². The Balaban J connectivity index is 1.59. The summed E-state index contributed by atoms with van der Waals surface area (Å²) in [5.41, 5.74) is 0. The predicted octanol–water partition coefficient (Wildman–Crippen LogP) is 1.68. The van der Waals surface area contributed by atoms with E-state index >= 15 is 0 Å². The largest absolute Gasteiger partial charge is 0.355 e. The van der Waals surface area contributed by atoms with Gasteiger partial charge in [0.05, 0.1) is 6.54 Å². The molecule has 0 bridgehead atoms. The minimum atomic E-state index is 0.175. The van der Waals surface area contributed by atoms with Crippen LogP contribution in [-0.2, 0) is 4.79 Å². The number of nitrogens with one attached hydrogen (secondary N) is 2. The summed E-state index contributed by atoms with van der Waals surface area (Å²) >= 11 is 0. The van der Waals surface area contributed by atoms with E-state index in [2.05, 4.69) is 17.6 Å². The lowest BCUT2D eigenvalue weighted by Crippen LogP contribution is -2.41. The summed E-state index contributed by atoms with van der Waals surface area (Å²) in [4.78, 5) is 11.6. The zero-order valence-electron chi connectivity index (χ0n) is 10.3. The molecule has 2 aliphatic rings. The molecule has 2 atom stereocenters. The first kappa shape index (κ1) is 11.9. The summed E-state index contributed by atoms with van der Waals surface area (Å²) < 4.78 is 0. The Kier molecular flexibility index (Phi) is 4.22. The first-order chi connectivity index (χ1) is 7.79. The van der Waals surface area contributed by atoms with Crippen molar-refractivity contribution < 1.29 is 4.79 Å². The van der Waals surface area contributed by atoms with Crippen molar-refractivity contribution in [3.05, 3.63) is 0 Å². The van der Waals surface area contributed by atoms with Crippen molar-refractivity contribution in [3.8, 4) is 0 Å². The number of carbonyl (C=O) groups is 1. The highest BCUT2D eigenvalue weighted by Crippen LogP contribution is 2.28. The standard InChI is InChI=1S/C13H24N2O/c1-2-11-4-3-5-12(11)14-9-13(16)15-8-10-6-7-10/h10-12,14H,2-9H2,1H3,(H,15,16). The first-order valence-corrected chi connectivity index (χ1v) is 6.79. The maximum Gasteiger partial charge on any atom is 0.233 e. The second-order valence-electron chi connectivity index (χ2n) is 5.33. The average Bonchev–Trinajstić information content (AvgIpc) is 3.01. The Hall–Kier alpha value is -0.570. The van der Waals surface area contributed by atoms with Crippen LogP contribution in [0.15, 0.2) is 0 Å².